The molecule has 5 nitrogen and oxygen atoms in total. The molecule has 126 valence electrons. The van der Waals surface area contributed by atoms with E-state index in [1.54, 1.807) is 11.1 Å². The molecule has 1 aliphatic rings. The van der Waals surface area contributed by atoms with Crippen molar-refractivity contribution >= 4 is 28.9 Å². The summed E-state index contributed by atoms with van der Waals surface area (Å²) >= 11 is 5.99. The number of carbonyl (C=O) groups excluding carboxylic acids is 1. The first-order chi connectivity index (χ1) is 12.2. The maximum Gasteiger partial charge on any atom is 0.209 e. The van der Waals surface area contributed by atoms with Gasteiger partial charge >= 0.3 is 0 Å². The summed E-state index contributed by atoms with van der Waals surface area (Å²) in [5, 5.41) is 1.65. The van der Waals surface area contributed by atoms with E-state index >= 15 is 0 Å². The molecule has 0 aliphatic carbocycles. The lowest BCUT2D eigenvalue weighted by atomic mass is 10.0. The number of ether oxygens (including phenoxy) is 1. The first-order valence-corrected chi connectivity index (χ1v) is 8.44. The number of nitrogens with zero attached hydrogens (tertiary/aromatic N) is 3. The minimum atomic E-state index is -0.213. The van der Waals surface area contributed by atoms with Gasteiger partial charge in [-0.05, 0) is 29.8 Å². The number of benzene rings is 1. The maximum absolute atomic E-state index is 11.0. The van der Waals surface area contributed by atoms with Crippen LogP contribution in [-0.2, 0) is 9.53 Å². The number of fused-ring (bicyclic) bond motifs is 1. The Balaban J connectivity index is 1.77. The average molecular weight is 354 g/mol. The minimum Gasteiger partial charge on any atom is -0.368 e. The molecular weight excluding hydrogens is 338 g/mol. The fraction of sp³-hybridized carbons (Fsp3) is 0.211. The monoisotopic (exact) mass is 353 g/mol. The number of pyridine rings is 2. The second-order valence-corrected chi connectivity index (χ2v) is 6.40. The lowest BCUT2D eigenvalue weighted by Gasteiger charge is -2.30. The molecule has 0 bridgehead atoms. The molecule has 4 rings (SSSR count). The van der Waals surface area contributed by atoms with Crippen LogP contribution in [0, 0.1) is 0 Å². The Bertz CT molecular complexity index is 914. The summed E-state index contributed by atoms with van der Waals surface area (Å²) in [6.07, 6.45) is 4.25. The normalized spacial score (nSPS) is 17.6. The molecule has 1 saturated heterocycles. The number of hydrogen-bond acceptors (Lipinski definition) is 4. The van der Waals surface area contributed by atoms with Crippen LogP contribution in [0.3, 0.4) is 0 Å². The SMILES string of the molecule is O=CN1CCOC(c2ccc3cncc(-c4ccc(Cl)cc4)c3n2)C1. The molecule has 0 saturated carbocycles. The molecule has 1 unspecified atom stereocenters. The van der Waals surface area contributed by atoms with Crippen molar-refractivity contribution in [2.45, 2.75) is 6.10 Å². The van der Waals surface area contributed by atoms with Gasteiger partial charge in [-0.2, -0.15) is 0 Å². The van der Waals surface area contributed by atoms with Crippen molar-refractivity contribution in [1.29, 1.82) is 0 Å². The largest absolute Gasteiger partial charge is 0.368 e. The number of morpholine rings is 1. The van der Waals surface area contributed by atoms with Crippen LogP contribution in [-0.4, -0.2) is 41.0 Å². The topological polar surface area (TPSA) is 55.3 Å². The maximum atomic E-state index is 11.0. The highest BCUT2D eigenvalue weighted by Gasteiger charge is 2.22. The van der Waals surface area contributed by atoms with Crippen LogP contribution in [0.15, 0.2) is 48.8 Å². The number of halogens is 1. The van der Waals surface area contributed by atoms with E-state index in [9.17, 15) is 4.79 Å². The molecule has 1 aliphatic heterocycles. The van der Waals surface area contributed by atoms with Crippen molar-refractivity contribution < 1.29 is 9.53 Å². The Kier molecular flexibility index (Phi) is 4.34. The molecule has 1 amide bonds. The summed E-state index contributed by atoms with van der Waals surface area (Å²) in [6, 6.07) is 11.6. The highest BCUT2D eigenvalue weighted by molar-refractivity contribution is 6.30. The number of amides is 1. The van der Waals surface area contributed by atoms with Gasteiger partial charge in [0.15, 0.2) is 0 Å². The summed E-state index contributed by atoms with van der Waals surface area (Å²) < 4.78 is 5.81. The third-order valence-corrected chi connectivity index (χ3v) is 4.60. The van der Waals surface area contributed by atoms with Gasteiger partial charge in [-0.3, -0.25) is 9.78 Å². The summed E-state index contributed by atoms with van der Waals surface area (Å²) in [5.74, 6) is 0. The van der Waals surface area contributed by atoms with E-state index in [0.29, 0.717) is 24.7 Å². The van der Waals surface area contributed by atoms with Crippen LogP contribution < -0.4 is 0 Å². The Morgan fingerprint density at radius 3 is 2.80 bits per heavy atom. The van der Waals surface area contributed by atoms with Crippen LogP contribution in [0.1, 0.15) is 11.8 Å². The predicted molar refractivity (Wildman–Crippen MR) is 96.3 cm³/mol. The third kappa shape index (κ3) is 3.21. The van der Waals surface area contributed by atoms with E-state index in [1.165, 1.54) is 0 Å². The van der Waals surface area contributed by atoms with Gasteiger partial charge in [0, 0.05) is 34.9 Å². The van der Waals surface area contributed by atoms with E-state index < -0.39 is 0 Å². The standard InChI is InChI=1S/C19H16ClN3O2/c20-15-4-1-13(2-5-15)16-10-21-9-14-3-6-17(22-19(14)16)18-11-23(12-24)7-8-25-18/h1-6,9-10,12,18H,7-8,11H2. The van der Waals surface area contributed by atoms with Crippen molar-refractivity contribution in [3.63, 3.8) is 0 Å². The Hall–Kier alpha value is -2.50. The van der Waals surface area contributed by atoms with Crippen molar-refractivity contribution in [3.8, 4) is 11.1 Å². The van der Waals surface area contributed by atoms with Gasteiger partial charge in [0.2, 0.25) is 6.41 Å². The van der Waals surface area contributed by atoms with Crippen LogP contribution in [0.25, 0.3) is 22.0 Å². The molecule has 0 spiro atoms. The minimum absolute atomic E-state index is 0.213. The van der Waals surface area contributed by atoms with Crippen LogP contribution in [0.2, 0.25) is 5.02 Å². The summed E-state index contributed by atoms with van der Waals surface area (Å²) in [6.45, 7) is 1.65. The van der Waals surface area contributed by atoms with Crippen molar-refractivity contribution in [1.82, 2.24) is 14.9 Å². The van der Waals surface area contributed by atoms with Gasteiger partial charge in [-0.15, -0.1) is 0 Å². The number of hydrogen-bond donors (Lipinski definition) is 0. The molecule has 1 atom stereocenters. The Morgan fingerprint density at radius 2 is 2.00 bits per heavy atom. The van der Waals surface area contributed by atoms with E-state index in [4.69, 9.17) is 21.3 Å². The molecule has 0 radical (unpaired) electrons. The van der Waals surface area contributed by atoms with Gasteiger partial charge in [0.05, 0.1) is 24.4 Å². The summed E-state index contributed by atoms with van der Waals surface area (Å²) in [5.41, 5.74) is 3.63. The first kappa shape index (κ1) is 16.0. The van der Waals surface area contributed by atoms with Gasteiger partial charge in [0.25, 0.3) is 0 Å². The zero-order chi connectivity index (χ0) is 17.2. The summed E-state index contributed by atoms with van der Waals surface area (Å²) in [4.78, 5) is 21.9. The quantitative estimate of drug-likeness (QED) is 0.676. The number of carbonyl (C=O) groups is 1. The summed E-state index contributed by atoms with van der Waals surface area (Å²) in [7, 11) is 0. The zero-order valence-electron chi connectivity index (χ0n) is 13.4. The fourth-order valence-corrected chi connectivity index (χ4v) is 3.15. The molecule has 3 heterocycles. The Morgan fingerprint density at radius 1 is 1.16 bits per heavy atom. The number of rotatable bonds is 3. The highest BCUT2D eigenvalue weighted by Crippen LogP contribution is 2.29. The molecule has 6 heteroatoms. The third-order valence-electron chi connectivity index (χ3n) is 4.35. The Labute approximate surface area is 150 Å². The van der Waals surface area contributed by atoms with E-state index in [0.717, 1.165) is 34.1 Å². The molecule has 1 aromatic carbocycles. The van der Waals surface area contributed by atoms with Crippen molar-refractivity contribution in [3.05, 3.63) is 59.5 Å². The van der Waals surface area contributed by atoms with Gasteiger partial charge in [0.1, 0.15) is 6.10 Å². The highest BCUT2D eigenvalue weighted by atomic mass is 35.5. The second kappa shape index (κ2) is 6.78. The van der Waals surface area contributed by atoms with Gasteiger partial charge in [-0.1, -0.05) is 23.7 Å². The molecule has 0 N–H and O–H groups in total. The van der Waals surface area contributed by atoms with E-state index in [1.807, 2.05) is 42.6 Å². The fourth-order valence-electron chi connectivity index (χ4n) is 3.02. The molecular formula is C19H16ClN3O2. The van der Waals surface area contributed by atoms with E-state index in [-0.39, 0.29) is 6.10 Å². The lowest BCUT2D eigenvalue weighted by molar-refractivity contribution is -0.125. The van der Waals surface area contributed by atoms with Crippen LogP contribution in [0.5, 0.6) is 0 Å². The van der Waals surface area contributed by atoms with Gasteiger partial charge in [-0.25, -0.2) is 4.98 Å². The van der Waals surface area contributed by atoms with E-state index in [2.05, 4.69) is 4.98 Å². The van der Waals surface area contributed by atoms with Crippen LogP contribution >= 0.6 is 11.6 Å². The van der Waals surface area contributed by atoms with Crippen molar-refractivity contribution in [2.75, 3.05) is 19.7 Å². The molecule has 1 fully saturated rings. The number of aromatic nitrogens is 2. The molecule has 2 aromatic heterocycles. The van der Waals surface area contributed by atoms with Crippen LogP contribution in [0.4, 0.5) is 0 Å². The van der Waals surface area contributed by atoms with Gasteiger partial charge < -0.3 is 9.64 Å². The smallest absolute Gasteiger partial charge is 0.209 e. The molecule has 25 heavy (non-hydrogen) atoms. The first-order valence-electron chi connectivity index (χ1n) is 8.06. The molecule has 3 aromatic rings. The predicted octanol–water partition coefficient (Wildman–Crippen LogP) is 3.48. The average Bonchev–Trinajstić information content (AvgIpc) is 2.68. The lowest BCUT2D eigenvalue weighted by Crippen LogP contribution is -2.37. The van der Waals surface area contributed by atoms with Crippen molar-refractivity contribution in [2.24, 2.45) is 0 Å². The zero-order valence-corrected chi connectivity index (χ0v) is 14.2. The second-order valence-electron chi connectivity index (χ2n) is 5.96.